The zero-order valence-electron chi connectivity index (χ0n) is 15.7. The molecule has 29 heavy (non-hydrogen) atoms. The van der Waals surface area contributed by atoms with Crippen molar-refractivity contribution >= 4 is 38.6 Å². The van der Waals surface area contributed by atoms with Crippen molar-refractivity contribution in [2.45, 2.75) is 19.8 Å². The van der Waals surface area contributed by atoms with Crippen molar-refractivity contribution < 1.29 is 19.4 Å². The number of aromatic nitrogens is 1. The largest absolute Gasteiger partial charge is 0.504 e. The maximum absolute atomic E-state index is 12.5. The van der Waals surface area contributed by atoms with E-state index in [1.165, 1.54) is 0 Å². The number of esters is 1. The SMILES string of the molecule is CCOC(=O)CCC(=O)c1nc2cc(C#Cc3ccccc3)ccc2c(Br)c1O. The van der Waals surface area contributed by atoms with Gasteiger partial charge in [-0.2, -0.15) is 0 Å². The molecule has 0 saturated carbocycles. The predicted molar refractivity (Wildman–Crippen MR) is 114 cm³/mol. The molecule has 0 spiro atoms. The molecule has 0 saturated heterocycles. The first-order valence-corrected chi connectivity index (χ1v) is 9.87. The molecule has 5 nitrogen and oxygen atoms in total. The monoisotopic (exact) mass is 451 g/mol. The van der Waals surface area contributed by atoms with Gasteiger partial charge in [0.1, 0.15) is 5.69 Å². The van der Waals surface area contributed by atoms with Crippen LogP contribution in [0.25, 0.3) is 10.9 Å². The molecule has 0 fully saturated rings. The Bertz CT molecular complexity index is 1130. The number of carbonyl (C=O) groups is 2. The van der Waals surface area contributed by atoms with Gasteiger partial charge in [0.05, 0.1) is 23.0 Å². The highest BCUT2D eigenvalue weighted by Crippen LogP contribution is 2.34. The molecule has 3 aromatic rings. The number of carbonyl (C=O) groups excluding carboxylic acids is 2. The quantitative estimate of drug-likeness (QED) is 0.347. The Balaban J connectivity index is 1.92. The van der Waals surface area contributed by atoms with Gasteiger partial charge in [0, 0.05) is 22.9 Å². The van der Waals surface area contributed by atoms with E-state index in [0.717, 1.165) is 11.1 Å². The van der Waals surface area contributed by atoms with E-state index in [-0.39, 0.29) is 30.9 Å². The van der Waals surface area contributed by atoms with Crippen LogP contribution >= 0.6 is 15.9 Å². The smallest absolute Gasteiger partial charge is 0.306 e. The van der Waals surface area contributed by atoms with E-state index in [1.807, 2.05) is 36.4 Å². The van der Waals surface area contributed by atoms with Crippen LogP contribution in [-0.4, -0.2) is 28.4 Å². The van der Waals surface area contributed by atoms with Crippen LogP contribution in [-0.2, 0) is 9.53 Å². The minimum atomic E-state index is -0.460. The van der Waals surface area contributed by atoms with Crippen LogP contribution in [0.15, 0.2) is 53.0 Å². The number of benzene rings is 2. The van der Waals surface area contributed by atoms with Crippen molar-refractivity contribution in [3.63, 3.8) is 0 Å². The highest BCUT2D eigenvalue weighted by molar-refractivity contribution is 9.10. The van der Waals surface area contributed by atoms with Gasteiger partial charge in [-0.25, -0.2) is 4.98 Å². The first-order valence-electron chi connectivity index (χ1n) is 9.07. The van der Waals surface area contributed by atoms with E-state index < -0.39 is 11.8 Å². The van der Waals surface area contributed by atoms with E-state index in [1.54, 1.807) is 19.1 Å². The maximum Gasteiger partial charge on any atom is 0.306 e. The summed E-state index contributed by atoms with van der Waals surface area (Å²) >= 11 is 3.34. The number of aromatic hydroxyl groups is 1. The molecular weight excluding hydrogens is 434 g/mol. The van der Waals surface area contributed by atoms with Gasteiger partial charge in [0.15, 0.2) is 11.5 Å². The van der Waals surface area contributed by atoms with E-state index in [9.17, 15) is 14.7 Å². The molecule has 0 radical (unpaired) electrons. The standard InChI is InChI=1S/C23H18BrNO4/c1-2-29-20(27)13-12-19(26)22-23(28)21(24)17-11-10-16(14-18(17)25-22)9-8-15-6-4-3-5-7-15/h3-7,10-11,14,28H,2,12-13H2,1H3. The van der Waals surface area contributed by atoms with Gasteiger partial charge in [-0.15, -0.1) is 0 Å². The van der Waals surface area contributed by atoms with Crippen LogP contribution in [0.5, 0.6) is 5.75 Å². The number of ether oxygens (including phenoxy) is 1. The van der Waals surface area contributed by atoms with Crippen LogP contribution in [0.4, 0.5) is 0 Å². The van der Waals surface area contributed by atoms with Crippen molar-refractivity contribution in [1.82, 2.24) is 4.98 Å². The summed E-state index contributed by atoms with van der Waals surface area (Å²) in [6, 6.07) is 15.0. The van der Waals surface area contributed by atoms with E-state index in [4.69, 9.17) is 4.74 Å². The lowest BCUT2D eigenvalue weighted by atomic mass is 10.1. The second kappa shape index (κ2) is 9.35. The van der Waals surface area contributed by atoms with Crippen molar-refractivity contribution in [2.24, 2.45) is 0 Å². The van der Waals surface area contributed by atoms with Gasteiger partial charge >= 0.3 is 5.97 Å². The third-order valence-corrected chi connectivity index (χ3v) is 4.95. The predicted octanol–water partition coefficient (Wildman–Crippen LogP) is 4.63. The van der Waals surface area contributed by atoms with Gasteiger partial charge in [-0.3, -0.25) is 9.59 Å². The molecule has 3 rings (SSSR count). The molecule has 0 amide bonds. The number of hydrogen-bond donors (Lipinski definition) is 1. The Morgan fingerprint density at radius 3 is 2.52 bits per heavy atom. The summed E-state index contributed by atoms with van der Waals surface area (Å²) in [5.74, 6) is 5.02. The van der Waals surface area contributed by atoms with Crippen LogP contribution in [0, 0.1) is 11.8 Å². The highest BCUT2D eigenvalue weighted by Gasteiger charge is 2.20. The number of nitrogens with zero attached hydrogens (tertiary/aromatic N) is 1. The van der Waals surface area contributed by atoms with E-state index in [2.05, 4.69) is 32.8 Å². The normalized spacial score (nSPS) is 10.3. The fourth-order valence-electron chi connectivity index (χ4n) is 2.72. The lowest BCUT2D eigenvalue weighted by Gasteiger charge is -2.09. The number of rotatable bonds is 5. The average Bonchev–Trinajstić information content (AvgIpc) is 2.74. The van der Waals surface area contributed by atoms with Crippen LogP contribution in [0.1, 0.15) is 41.4 Å². The van der Waals surface area contributed by atoms with Crippen LogP contribution < -0.4 is 0 Å². The Labute approximate surface area is 176 Å². The van der Waals surface area contributed by atoms with Gasteiger partial charge in [0.2, 0.25) is 0 Å². The zero-order chi connectivity index (χ0) is 20.8. The van der Waals surface area contributed by atoms with Gasteiger partial charge < -0.3 is 9.84 Å². The first kappa shape index (κ1) is 20.6. The highest BCUT2D eigenvalue weighted by atomic mass is 79.9. The Morgan fingerprint density at radius 1 is 1.07 bits per heavy atom. The molecule has 1 heterocycles. The van der Waals surface area contributed by atoms with E-state index >= 15 is 0 Å². The zero-order valence-corrected chi connectivity index (χ0v) is 17.3. The van der Waals surface area contributed by atoms with Gasteiger partial charge in [0.25, 0.3) is 0 Å². The first-order chi connectivity index (χ1) is 14.0. The molecule has 1 aromatic heterocycles. The third kappa shape index (κ3) is 5.01. The fraction of sp³-hybridized carbons (Fsp3) is 0.174. The van der Waals surface area contributed by atoms with Gasteiger partial charge in [-0.05, 0) is 47.1 Å². The molecular formula is C23H18BrNO4. The molecule has 6 heteroatoms. The lowest BCUT2D eigenvalue weighted by Crippen LogP contribution is -2.09. The minimum absolute atomic E-state index is 0.0635. The molecule has 1 N–H and O–H groups in total. The summed E-state index contributed by atoms with van der Waals surface area (Å²) in [4.78, 5) is 28.3. The van der Waals surface area contributed by atoms with Gasteiger partial charge in [-0.1, -0.05) is 36.1 Å². The van der Waals surface area contributed by atoms with Crippen molar-refractivity contribution in [2.75, 3.05) is 6.61 Å². The second-order valence-corrected chi connectivity index (χ2v) is 6.99. The summed E-state index contributed by atoms with van der Waals surface area (Å²) in [7, 11) is 0. The molecule has 0 aliphatic heterocycles. The molecule has 0 aliphatic carbocycles. The number of fused-ring (bicyclic) bond motifs is 1. The average molecular weight is 452 g/mol. The number of Topliss-reactive ketones (excluding diaryl/α,β-unsaturated/α-hetero) is 1. The maximum atomic E-state index is 12.5. The van der Waals surface area contributed by atoms with E-state index in [0.29, 0.717) is 15.4 Å². The van der Waals surface area contributed by atoms with Crippen LogP contribution in [0.3, 0.4) is 0 Å². The summed E-state index contributed by atoms with van der Waals surface area (Å²) < 4.78 is 5.21. The summed E-state index contributed by atoms with van der Waals surface area (Å²) in [6.07, 6.45) is -0.156. The second-order valence-electron chi connectivity index (χ2n) is 6.20. The number of hydrogen-bond acceptors (Lipinski definition) is 5. The topological polar surface area (TPSA) is 76.5 Å². The molecule has 0 aliphatic rings. The molecule has 0 bridgehead atoms. The summed E-state index contributed by atoms with van der Waals surface area (Å²) in [6.45, 7) is 1.96. The summed E-state index contributed by atoms with van der Waals surface area (Å²) in [5, 5.41) is 11.0. The molecule has 2 aromatic carbocycles. The minimum Gasteiger partial charge on any atom is -0.504 e. The number of ketones is 1. The number of halogens is 1. The lowest BCUT2D eigenvalue weighted by molar-refractivity contribution is -0.143. The van der Waals surface area contributed by atoms with Crippen molar-refractivity contribution in [1.29, 1.82) is 0 Å². The Kier molecular flexibility index (Phi) is 6.63. The summed E-state index contributed by atoms with van der Waals surface area (Å²) in [5.41, 5.74) is 2.06. The van der Waals surface area contributed by atoms with Crippen LogP contribution in [0.2, 0.25) is 0 Å². The fourth-order valence-corrected chi connectivity index (χ4v) is 3.24. The molecule has 0 atom stereocenters. The van der Waals surface area contributed by atoms with Crippen molar-refractivity contribution in [3.05, 3.63) is 69.8 Å². The van der Waals surface area contributed by atoms with Crippen molar-refractivity contribution in [3.8, 4) is 17.6 Å². The molecule has 146 valence electrons. The Hall–Kier alpha value is -3.17. The Morgan fingerprint density at radius 2 is 1.79 bits per heavy atom. The third-order valence-electron chi connectivity index (χ3n) is 4.15. The number of pyridine rings is 1. The molecule has 0 unspecified atom stereocenters.